The van der Waals surface area contributed by atoms with Gasteiger partial charge in [-0.25, -0.2) is 18.9 Å². The molecule has 6 rings (SSSR count). The monoisotopic (exact) mass is 634 g/mol. The predicted molar refractivity (Wildman–Crippen MR) is 168 cm³/mol. The molecule has 12 nitrogen and oxygen atoms in total. The number of benzene rings is 1. The van der Waals surface area contributed by atoms with Crippen LogP contribution >= 0.6 is 0 Å². The maximum atomic E-state index is 13.3. The number of pyridine rings is 1. The number of nitrogen functional groups attached to an aromatic ring is 1. The Kier molecular flexibility index (Phi) is 8.87. The zero-order valence-electron chi connectivity index (χ0n) is 25.4. The number of hydrogen-bond acceptors (Lipinski definition) is 10. The van der Waals surface area contributed by atoms with Crippen LogP contribution < -0.4 is 11.2 Å². The Balaban J connectivity index is 1.31. The number of fused-ring (bicyclic) bond motifs is 1. The van der Waals surface area contributed by atoms with Gasteiger partial charge in [0.2, 0.25) is 0 Å². The molecule has 3 aromatic heterocycles. The summed E-state index contributed by atoms with van der Waals surface area (Å²) in [4.78, 5) is 28.3. The molecule has 2 fully saturated rings. The van der Waals surface area contributed by atoms with E-state index in [4.69, 9.17) is 25.0 Å². The lowest BCUT2D eigenvalue weighted by Gasteiger charge is -2.38. The Bertz CT molecular complexity index is 1770. The predicted octanol–water partition coefficient (Wildman–Crippen LogP) is 3.96. The van der Waals surface area contributed by atoms with Gasteiger partial charge in [-0.1, -0.05) is 36.4 Å². The fourth-order valence-corrected chi connectivity index (χ4v) is 6.99. The number of amides is 1. The van der Waals surface area contributed by atoms with Crippen molar-refractivity contribution in [2.45, 2.75) is 54.9 Å². The summed E-state index contributed by atoms with van der Waals surface area (Å²) in [6, 6.07) is 13.7. The van der Waals surface area contributed by atoms with Gasteiger partial charge >= 0.3 is 0 Å². The van der Waals surface area contributed by atoms with E-state index in [1.807, 2.05) is 42.5 Å². The fraction of sp³-hybridized carbons (Fsp3) is 0.438. The number of carbonyl (C=O) groups excluding carboxylic acids is 1. The van der Waals surface area contributed by atoms with Crippen LogP contribution in [0.25, 0.3) is 28.0 Å². The summed E-state index contributed by atoms with van der Waals surface area (Å²) in [5.74, 6) is -0.147. The summed E-state index contributed by atoms with van der Waals surface area (Å²) < 4.78 is 38.9. The number of hydroxylamine groups is 1. The van der Waals surface area contributed by atoms with Crippen molar-refractivity contribution in [1.29, 1.82) is 0 Å². The van der Waals surface area contributed by atoms with Crippen LogP contribution in [0.3, 0.4) is 0 Å². The second-order valence-corrected chi connectivity index (χ2v) is 13.8. The Hall–Kier alpha value is -3.91. The third-order valence-corrected chi connectivity index (χ3v) is 9.78. The van der Waals surface area contributed by atoms with Crippen molar-refractivity contribution in [2.24, 2.45) is 5.92 Å². The smallest absolute Gasteiger partial charge is 0.275 e. The van der Waals surface area contributed by atoms with Gasteiger partial charge in [0.15, 0.2) is 15.5 Å². The third-order valence-electron chi connectivity index (χ3n) is 8.62. The van der Waals surface area contributed by atoms with E-state index in [0.29, 0.717) is 61.7 Å². The van der Waals surface area contributed by atoms with Gasteiger partial charge in [0.25, 0.3) is 5.91 Å². The molecular formula is C32H38N6O6S. The Morgan fingerprint density at radius 3 is 2.44 bits per heavy atom. The largest absolute Gasteiger partial charge is 0.382 e. The van der Waals surface area contributed by atoms with E-state index < -0.39 is 15.4 Å². The average molecular weight is 635 g/mol. The SMILES string of the molecule is COCCO[C@]1(C(=O)NOCC2CC2)CC[C@@H](c2nc3c(-c4ccc(-c5ccccc5)nc4)cnn3c(N)c2S(C)(=O)=O)CC1. The Morgan fingerprint density at radius 2 is 1.80 bits per heavy atom. The number of aromatic nitrogens is 4. The summed E-state index contributed by atoms with van der Waals surface area (Å²) in [5, 5.41) is 4.41. The van der Waals surface area contributed by atoms with Crippen molar-refractivity contribution in [3.8, 4) is 22.4 Å². The van der Waals surface area contributed by atoms with Crippen LogP contribution in [0.2, 0.25) is 0 Å². The number of carbonyl (C=O) groups is 1. The number of hydrogen-bond donors (Lipinski definition) is 2. The lowest BCUT2D eigenvalue weighted by atomic mass is 9.76. The standard InChI is InChI=1S/C32H38N6O6S/c1-42-16-17-43-32(31(39)37-44-20-21-8-9-21)14-12-23(13-15-32)27-28(45(2,40)41)29(33)38-30(36-27)25(19-35-38)24-10-11-26(34-18-24)22-6-4-3-5-7-22/h3-7,10-11,18-19,21,23H,8-9,12-17,20,33H2,1-2H3,(H,37,39)/t23-,32-. The van der Waals surface area contributed by atoms with E-state index in [1.54, 1.807) is 19.5 Å². The van der Waals surface area contributed by atoms with E-state index in [-0.39, 0.29) is 29.1 Å². The molecule has 0 radical (unpaired) electrons. The normalized spacial score (nSPS) is 20.4. The molecule has 0 saturated heterocycles. The highest BCUT2D eigenvalue weighted by Gasteiger charge is 2.45. The van der Waals surface area contributed by atoms with Gasteiger partial charge < -0.3 is 15.2 Å². The molecule has 0 atom stereocenters. The number of nitrogens with one attached hydrogen (secondary N) is 1. The second kappa shape index (κ2) is 12.8. The Morgan fingerprint density at radius 1 is 1.04 bits per heavy atom. The summed E-state index contributed by atoms with van der Waals surface area (Å²) in [6.45, 7) is 1.04. The van der Waals surface area contributed by atoms with Crippen molar-refractivity contribution >= 4 is 27.2 Å². The van der Waals surface area contributed by atoms with Gasteiger partial charge in [-0.05, 0) is 50.5 Å². The first-order chi connectivity index (χ1) is 21.7. The zero-order chi connectivity index (χ0) is 31.6. The molecule has 0 unspecified atom stereocenters. The average Bonchev–Trinajstić information content (AvgIpc) is 3.77. The topological polar surface area (TPSA) is 160 Å². The first kappa shape index (κ1) is 31.1. The lowest BCUT2D eigenvalue weighted by Crippen LogP contribution is -2.51. The minimum absolute atomic E-state index is 0.00276. The highest BCUT2D eigenvalue weighted by atomic mass is 32.2. The summed E-state index contributed by atoms with van der Waals surface area (Å²) in [7, 11) is -2.21. The summed E-state index contributed by atoms with van der Waals surface area (Å²) >= 11 is 0. The molecule has 3 N–H and O–H groups in total. The van der Waals surface area contributed by atoms with Gasteiger partial charge in [0.1, 0.15) is 16.3 Å². The third kappa shape index (κ3) is 6.57. The van der Waals surface area contributed by atoms with Crippen LogP contribution in [-0.2, 0) is 28.9 Å². The number of nitrogens with two attached hydrogens (primary N) is 1. The zero-order valence-corrected chi connectivity index (χ0v) is 26.3. The van der Waals surface area contributed by atoms with Gasteiger partial charge in [0.05, 0.1) is 37.4 Å². The fourth-order valence-electron chi connectivity index (χ4n) is 5.93. The van der Waals surface area contributed by atoms with Crippen LogP contribution in [0.5, 0.6) is 0 Å². The van der Waals surface area contributed by atoms with E-state index in [1.165, 1.54) is 4.52 Å². The molecule has 0 spiro atoms. The molecule has 13 heteroatoms. The first-order valence-corrected chi connectivity index (χ1v) is 17.0. The minimum Gasteiger partial charge on any atom is -0.382 e. The number of rotatable bonds is 12. The van der Waals surface area contributed by atoms with Crippen molar-refractivity contribution in [2.75, 3.05) is 38.9 Å². The molecule has 4 aromatic rings. The molecule has 0 bridgehead atoms. The number of anilines is 1. The van der Waals surface area contributed by atoms with Crippen LogP contribution in [0.15, 0.2) is 59.8 Å². The number of sulfone groups is 1. The molecule has 1 amide bonds. The van der Waals surface area contributed by atoms with Crippen molar-refractivity contribution < 1.29 is 27.5 Å². The highest BCUT2D eigenvalue weighted by molar-refractivity contribution is 7.91. The second-order valence-electron chi connectivity index (χ2n) is 11.9. The van der Waals surface area contributed by atoms with Crippen molar-refractivity contribution in [1.82, 2.24) is 25.1 Å². The molecule has 1 aromatic carbocycles. The minimum atomic E-state index is -3.78. The molecule has 2 aliphatic carbocycles. The first-order valence-electron chi connectivity index (χ1n) is 15.1. The molecule has 2 aliphatic rings. The summed E-state index contributed by atoms with van der Waals surface area (Å²) in [6.07, 6.45) is 8.27. The van der Waals surface area contributed by atoms with Gasteiger partial charge in [0, 0.05) is 42.2 Å². The maximum absolute atomic E-state index is 13.3. The summed E-state index contributed by atoms with van der Waals surface area (Å²) in [5.41, 5.74) is 12.1. The van der Waals surface area contributed by atoms with E-state index in [2.05, 4.69) is 15.6 Å². The number of nitrogens with zero attached hydrogens (tertiary/aromatic N) is 4. The van der Waals surface area contributed by atoms with E-state index in [0.717, 1.165) is 35.9 Å². The van der Waals surface area contributed by atoms with Crippen LogP contribution in [0, 0.1) is 5.92 Å². The number of methoxy groups -OCH3 is 1. The molecule has 3 heterocycles. The van der Waals surface area contributed by atoms with Crippen LogP contribution in [0.4, 0.5) is 5.82 Å². The van der Waals surface area contributed by atoms with Gasteiger partial charge in [-0.15, -0.1) is 0 Å². The lowest BCUT2D eigenvalue weighted by molar-refractivity contribution is -0.167. The highest BCUT2D eigenvalue weighted by Crippen LogP contribution is 2.43. The van der Waals surface area contributed by atoms with E-state index in [9.17, 15) is 13.2 Å². The van der Waals surface area contributed by atoms with E-state index >= 15 is 0 Å². The quantitative estimate of drug-likeness (QED) is 0.172. The molecule has 2 saturated carbocycles. The Labute approximate surface area is 262 Å². The van der Waals surface area contributed by atoms with Crippen molar-refractivity contribution in [3.63, 3.8) is 0 Å². The number of ether oxygens (including phenoxy) is 2. The molecule has 238 valence electrons. The van der Waals surface area contributed by atoms with Crippen LogP contribution in [-0.4, -0.2) is 72.7 Å². The molecular weight excluding hydrogens is 596 g/mol. The van der Waals surface area contributed by atoms with Crippen LogP contribution in [0.1, 0.15) is 50.1 Å². The maximum Gasteiger partial charge on any atom is 0.275 e. The van der Waals surface area contributed by atoms with Gasteiger partial charge in [-0.3, -0.25) is 14.6 Å². The molecule has 0 aliphatic heterocycles. The van der Waals surface area contributed by atoms with Crippen molar-refractivity contribution in [3.05, 3.63) is 60.6 Å². The molecule has 45 heavy (non-hydrogen) atoms. The van der Waals surface area contributed by atoms with Gasteiger partial charge in [-0.2, -0.15) is 9.61 Å².